The van der Waals surface area contributed by atoms with Crippen molar-refractivity contribution in [3.63, 3.8) is 0 Å². The van der Waals surface area contributed by atoms with E-state index in [1.54, 1.807) is 10.5 Å². The van der Waals surface area contributed by atoms with Gasteiger partial charge in [0.05, 0.1) is 13.1 Å². The van der Waals surface area contributed by atoms with E-state index in [1.165, 1.54) is 0 Å². The fraction of sp³-hybridized carbons (Fsp3) is 0.438. The average Bonchev–Trinajstić information content (AvgIpc) is 3.29. The van der Waals surface area contributed by atoms with Crippen molar-refractivity contribution in [3.8, 4) is 0 Å². The number of aromatic nitrogens is 1. The first-order valence-corrected chi connectivity index (χ1v) is 9.45. The minimum absolute atomic E-state index is 0.411. The van der Waals surface area contributed by atoms with Crippen LogP contribution in [0, 0.1) is 0 Å². The van der Waals surface area contributed by atoms with E-state index in [2.05, 4.69) is 10.3 Å². The van der Waals surface area contributed by atoms with Crippen molar-refractivity contribution in [3.05, 3.63) is 30.5 Å². The van der Waals surface area contributed by atoms with Crippen molar-refractivity contribution in [2.75, 3.05) is 26.2 Å². The summed E-state index contributed by atoms with van der Waals surface area (Å²) in [4.78, 5) is 4.82. The number of aliphatic imine (C=N–C) groups is 1. The molecule has 0 aliphatic carbocycles. The first-order valence-electron chi connectivity index (χ1n) is 8.01. The Bertz CT molecular complexity index is 863. The van der Waals surface area contributed by atoms with Gasteiger partial charge in [0.25, 0.3) is 0 Å². The van der Waals surface area contributed by atoms with Gasteiger partial charge in [0, 0.05) is 36.7 Å². The van der Waals surface area contributed by atoms with E-state index in [1.807, 2.05) is 28.8 Å². The van der Waals surface area contributed by atoms with Gasteiger partial charge >= 0.3 is 0 Å². The highest BCUT2D eigenvalue weighted by atomic mass is 32.2. The van der Waals surface area contributed by atoms with Crippen LogP contribution in [-0.2, 0) is 16.6 Å². The van der Waals surface area contributed by atoms with Crippen LogP contribution in [0.25, 0.3) is 10.9 Å². The highest BCUT2D eigenvalue weighted by Crippen LogP contribution is 2.29. The summed E-state index contributed by atoms with van der Waals surface area (Å²) < 4.78 is 29.5. The van der Waals surface area contributed by atoms with Crippen molar-refractivity contribution < 1.29 is 8.42 Å². The summed E-state index contributed by atoms with van der Waals surface area (Å²) in [7, 11) is -3.43. The third-order valence-corrected chi connectivity index (χ3v) is 6.42. The molecule has 0 amide bonds. The van der Waals surface area contributed by atoms with Crippen molar-refractivity contribution in [2.24, 2.45) is 4.99 Å². The molecule has 0 atom stereocenters. The number of nitrogens with one attached hydrogen (secondary N) is 1. The third-order valence-electron chi connectivity index (χ3n) is 4.50. The summed E-state index contributed by atoms with van der Waals surface area (Å²) in [6, 6.07) is 7.68. The SMILES string of the molecule is O=S(=O)(c1cn(CC2=NCCN2)c2ccccc12)N1CCCC1. The quantitative estimate of drug-likeness (QED) is 0.921. The molecule has 2 aromatic rings. The lowest BCUT2D eigenvalue weighted by Gasteiger charge is -2.14. The van der Waals surface area contributed by atoms with E-state index in [0.717, 1.165) is 42.7 Å². The Morgan fingerprint density at radius 1 is 1.17 bits per heavy atom. The molecule has 7 heteroatoms. The van der Waals surface area contributed by atoms with Crippen molar-refractivity contribution in [1.29, 1.82) is 0 Å². The Labute approximate surface area is 135 Å². The van der Waals surface area contributed by atoms with E-state index in [9.17, 15) is 8.42 Å². The number of hydrogen-bond acceptors (Lipinski definition) is 4. The highest BCUT2D eigenvalue weighted by molar-refractivity contribution is 7.89. The summed E-state index contributed by atoms with van der Waals surface area (Å²) in [5.74, 6) is 0.913. The van der Waals surface area contributed by atoms with Crippen LogP contribution in [-0.4, -0.2) is 49.3 Å². The van der Waals surface area contributed by atoms with Crippen LogP contribution in [0.4, 0.5) is 0 Å². The lowest BCUT2D eigenvalue weighted by molar-refractivity contribution is 0.478. The van der Waals surface area contributed by atoms with Gasteiger partial charge < -0.3 is 9.88 Å². The molecule has 1 aromatic carbocycles. The predicted molar refractivity (Wildman–Crippen MR) is 90.2 cm³/mol. The maximum atomic E-state index is 13.0. The average molecular weight is 332 g/mol. The van der Waals surface area contributed by atoms with Gasteiger partial charge in [0.15, 0.2) is 0 Å². The van der Waals surface area contributed by atoms with Gasteiger partial charge in [-0.3, -0.25) is 4.99 Å². The Morgan fingerprint density at radius 3 is 2.70 bits per heavy atom. The number of fused-ring (bicyclic) bond motifs is 1. The normalized spacial score (nSPS) is 19.2. The van der Waals surface area contributed by atoms with E-state index in [0.29, 0.717) is 24.5 Å². The molecule has 2 aliphatic rings. The maximum absolute atomic E-state index is 13.0. The first-order chi connectivity index (χ1) is 11.2. The van der Waals surface area contributed by atoms with Crippen LogP contribution in [0.2, 0.25) is 0 Å². The highest BCUT2D eigenvalue weighted by Gasteiger charge is 2.30. The van der Waals surface area contributed by atoms with Crippen LogP contribution in [0.3, 0.4) is 0 Å². The minimum atomic E-state index is -3.43. The van der Waals surface area contributed by atoms with Crippen LogP contribution < -0.4 is 5.32 Å². The van der Waals surface area contributed by atoms with E-state index in [-0.39, 0.29) is 0 Å². The van der Waals surface area contributed by atoms with Crippen molar-refractivity contribution >= 4 is 26.8 Å². The van der Waals surface area contributed by atoms with Crippen LogP contribution in [0.5, 0.6) is 0 Å². The Kier molecular flexibility index (Phi) is 3.61. The molecule has 6 nitrogen and oxygen atoms in total. The minimum Gasteiger partial charge on any atom is -0.370 e. The fourth-order valence-corrected chi connectivity index (χ4v) is 5.06. The molecule has 1 fully saturated rings. The van der Waals surface area contributed by atoms with Gasteiger partial charge in [-0.15, -0.1) is 0 Å². The molecule has 3 heterocycles. The standard InChI is InChI=1S/C16H20N4O2S/c21-23(22,20-9-3-4-10-20)15-11-19(12-16-17-7-8-18-16)14-6-2-1-5-13(14)15/h1-2,5-6,11H,3-4,7-10,12H2,(H,17,18). The van der Waals surface area contributed by atoms with Gasteiger partial charge in [-0.1, -0.05) is 18.2 Å². The van der Waals surface area contributed by atoms with Gasteiger partial charge in [-0.25, -0.2) is 8.42 Å². The molecule has 23 heavy (non-hydrogen) atoms. The molecule has 1 aromatic heterocycles. The van der Waals surface area contributed by atoms with Crippen molar-refractivity contribution in [2.45, 2.75) is 24.3 Å². The van der Waals surface area contributed by atoms with Gasteiger partial charge in [-0.2, -0.15) is 4.31 Å². The number of benzene rings is 1. The number of amidine groups is 1. The monoisotopic (exact) mass is 332 g/mol. The van der Waals surface area contributed by atoms with E-state index < -0.39 is 10.0 Å². The number of hydrogen-bond donors (Lipinski definition) is 1. The molecule has 0 radical (unpaired) electrons. The number of nitrogens with zero attached hydrogens (tertiary/aromatic N) is 3. The molecule has 0 spiro atoms. The summed E-state index contributed by atoms with van der Waals surface area (Å²) in [6.45, 7) is 3.46. The third kappa shape index (κ3) is 2.53. The number of para-hydroxylation sites is 1. The molecular formula is C16H20N4O2S. The summed E-state index contributed by atoms with van der Waals surface area (Å²) in [6.07, 6.45) is 3.65. The second-order valence-corrected chi connectivity index (χ2v) is 7.91. The zero-order valence-corrected chi connectivity index (χ0v) is 13.7. The lowest BCUT2D eigenvalue weighted by Crippen LogP contribution is -2.27. The molecule has 1 saturated heterocycles. The zero-order valence-electron chi connectivity index (χ0n) is 12.9. The molecular weight excluding hydrogens is 312 g/mol. The largest absolute Gasteiger partial charge is 0.370 e. The fourth-order valence-electron chi connectivity index (χ4n) is 3.33. The Hall–Kier alpha value is -1.86. The Balaban J connectivity index is 1.80. The van der Waals surface area contributed by atoms with Crippen LogP contribution in [0.1, 0.15) is 12.8 Å². The lowest BCUT2D eigenvalue weighted by atomic mass is 10.2. The van der Waals surface area contributed by atoms with Crippen LogP contribution >= 0.6 is 0 Å². The predicted octanol–water partition coefficient (Wildman–Crippen LogP) is 1.43. The van der Waals surface area contributed by atoms with Gasteiger partial charge in [0.2, 0.25) is 10.0 Å². The molecule has 0 unspecified atom stereocenters. The second kappa shape index (κ2) is 5.65. The first kappa shape index (κ1) is 14.7. The van der Waals surface area contributed by atoms with Crippen molar-refractivity contribution in [1.82, 2.24) is 14.2 Å². The summed E-state index contributed by atoms with van der Waals surface area (Å²) >= 11 is 0. The maximum Gasteiger partial charge on any atom is 0.245 e. The van der Waals surface area contributed by atoms with E-state index in [4.69, 9.17) is 0 Å². The molecule has 2 aliphatic heterocycles. The second-order valence-electron chi connectivity index (χ2n) is 6.00. The molecule has 0 saturated carbocycles. The topological polar surface area (TPSA) is 66.7 Å². The Morgan fingerprint density at radius 2 is 1.96 bits per heavy atom. The summed E-state index contributed by atoms with van der Waals surface area (Å²) in [5, 5.41) is 4.03. The molecule has 0 bridgehead atoms. The van der Waals surface area contributed by atoms with Crippen LogP contribution in [0.15, 0.2) is 40.4 Å². The smallest absolute Gasteiger partial charge is 0.245 e. The molecule has 1 N–H and O–H groups in total. The molecule has 122 valence electrons. The van der Waals surface area contributed by atoms with Gasteiger partial charge in [-0.05, 0) is 18.9 Å². The molecule has 4 rings (SSSR count). The van der Waals surface area contributed by atoms with E-state index >= 15 is 0 Å². The number of sulfonamides is 1. The number of rotatable bonds is 4. The zero-order chi connectivity index (χ0) is 15.9. The summed E-state index contributed by atoms with van der Waals surface area (Å²) in [5.41, 5.74) is 0.932. The van der Waals surface area contributed by atoms with Gasteiger partial charge in [0.1, 0.15) is 10.7 Å².